The van der Waals surface area contributed by atoms with E-state index in [2.05, 4.69) is 55.7 Å². The molecule has 7 heteroatoms. The second kappa shape index (κ2) is 9.55. The van der Waals surface area contributed by atoms with E-state index in [0.29, 0.717) is 0 Å². The Morgan fingerprint density at radius 3 is 2.92 bits per heavy atom. The molecule has 1 aliphatic heterocycles. The first-order valence-corrected chi connectivity index (χ1v) is 9.60. The summed E-state index contributed by atoms with van der Waals surface area (Å²) in [4.78, 5) is 13.4. The zero-order chi connectivity index (χ0) is 17.8. The minimum Gasteiger partial charge on any atom is -0.374 e. The Labute approximate surface area is 177 Å². The Hall–Kier alpha value is -1.35. The quantitative estimate of drug-likeness (QED) is 0.408. The first-order chi connectivity index (χ1) is 12.1. The molecule has 0 aliphatic carbocycles. The van der Waals surface area contributed by atoms with E-state index in [4.69, 9.17) is 0 Å². The molecule has 0 spiro atoms. The third-order valence-electron chi connectivity index (χ3n) is 4.58. The fourth-order valence-electron chi connectivity index (χ4n) is 3.31. The molecule has 3 rings (SSSR count). The molecule has 0 bridgehead atoms. The van der Waals surface area contributed by atoms with Crippen LogP contribution in [0.15, 0.2) is 28.6 Å². The molecular formula is C19H28IN5S. The molecular weight excluding hydrogens is 457 g/mol. The Morgan fingerprint density at radius 1 is 1.42 bits per heavy atom. The van der Waals surface area contributed by atoms with Crippen molar-refractivity contribution in [2.75, 3.05) is 32.6 Å². The van der Waals surface area contributed by atoms with Gasteiger partial charge in [0, 0.05) is 45.3 Å². The number of thiazole rings is 1. The number of aliphatic imine (C=N–C) groups is 1. The van der Waals surface area contributed by atoms with Gasteiger partial charge in [0.15, 0.2) is 5.96 Å². The van der Waals surface area contributed by atoms with Crippen LogP contribution >= 0.6 is 35.3 Å². The molecule has 0 unspecified atom stereocenters. The van der Waals surface area contributed by atoms with Gasteiger partial charge in [-0.2, -0.15) is 0 Å². The summed E-state index contributed by atoms with van der Waals surface area (Å²) < 4.78 is 0. The van der Waals surface area contributed by atoms with Gasteiger partial charge >= 0.3 is 0 Å². The molecule has 0 saturated carbocycles. The molecule has 2 heterocycles. The number of anilines is 1. The molecule has 142 valence electrons. The molecule has 0 amide bonds. The highest BCUT2D eigenvalue weighted by molar-refractivity contribution is 14.0. The first kappa shape index (κ1) is 21.0. The number of nitrogens with one attached hydrogen (secondary N) is 1. The summed E-state index contributed by atoms with van der Waals surface area (Å²) in [7, 11) is 6.05. The van der Waals surface area contributed by atoms with Crippen molar-refractivity contribution in [2.24, 2.45) is 4.99 Å². The number of aromatic nitrogens is 1. The van der Waals surface area contributed by atoms with Crippen LogP contribution in [0.3, 0.4) is 0 Å². The van der Waals surface area contributed by atoms with Crippen LogP contribution in [0.25, 0.3) is 0 Å². The summed E-state index contributed by atoms with van der Waals surface area (Å²) in [5.41, 5.74) is 5.21. The molecule has 2 aromatic rings. The summed E-state index contributed by atoms with van der Waals surface area (Å²) in [6.07, 6.45) is 2.41. The van der Waals surface area contributed by atoms with E-state index in [-0.39, 0.29) is 24.0 Å². The van der Waals surface area contributed by atoms with E-state index >= 15 is 0 Å². The molecule has 0 atom stereocenters. The van der Waals surface area contributed by atoms with Crippen LogP contribution < -0.4 is 10.2 Å². The van der Waals surface area contributed by atoms with Crippen LogP contribution in [0.5, 0.6) is 0 Å². The van der Waals surface area contributed by atoms with E-state index < -0.39 is 0 Å². The predicted octanol–water partition coefficient (Wildman–Crippen LogP) is 3.66. The zero-order valence-corrected chi connectivity index (χ0v) is 19.1. The van der Waals surface area contributed by atoms with Crippen LogP contribution in [0.1, 0.15) is 28.2 Å². The number of guanidine groups is 1. The Bertz CT molecular complexity index is 758. The Balaban J connectivity index is 0.00000243. The summed E-state index contributed by atoms with van der Waals surface area (Å²) in [5.74, 6) is 0.889. The Morgan fingerprint density at radius 2 is 2.23 bits per heavy atom. The average molecular weight is 485 g/mol. The topological polar surface area (TPSA) is 43.8 Å². The van der Waals surface area contributed by atoms with E-state index in [1.165, 1.54) is 29.7 Å². The van der Waals surface area contributed by atoms with Gasteiger partial charge in [0.2, 0.25) is 0 Å². The number of fused-ring (bicyclic) bond motifs is 1. The molecule has 5 nitrogen and oxygen atoms in total. The lowest BCUT2D eigenvalue weighted by atomic mass is 9.99. The number of hydrogen-bond acceptors (Lipinski definition) is 4. The highest BCUT2D eigenvalue weighted by Crippen LogP contribution is 2.26. The van der Waals surface area contributed by atoms with E-state index in [1.807, 2.05) is 21.0 Å². The summed E-state index contributed by atoms with van der Waals surface area (Å²) in [6.45, 7) is 4.73. The van der Waals surface area contributed by atoms with Crippen LogP contribution in [-0.2, 0) is 19.5 Å². The molecule has 1 aromatic heterocycles. The number of aryl methyl sites for hydroxylation is 2. The fourth-order valence-corrected chi connectivity index (χ4v) is 3.92. The maximum absolute atomic E-state index is 4.53. The maximum Gasteiger partial charge on any atom is 0.194 e. The van der Waals surface area contributed by atoms with Gasteiger partial charge in [0.05, 0.1) is 17.2 Å². The van der Waals surface area contributed by atoms with Gasteiger partial charge < -0.3 is 15.1 Å². The lowest BCUT2D eigenvalue weighted by Crippen LogP contribution is -2.38. The van der Waals surface area contributed by atoms with E-state index in [0.717, 1.165) is 36.3 Å². The second-order valence-corrected chi connectivity index (χ2v) is 7.67. The monoisotopic (exact) mass is 485 g/mol. The first-order valence-electron chi connectivity index (χ1n) is 8.72. The Kier molecular flexibility index (Phi) is 7.69. The van der Waals surface area contributed by atoms with Gasteiger partial charge in [-0.25, -0.2) is 4.98 Å². The van der Waals surface area contributed by atoms with Crippen molar-refractivity contribution < 1.29 is 0 Å². The molecule has 0 radical (unpaired) electrons. The van der Waals surface area contributed by atoms with Crippen molar-refractivity contribution >= 4 is 47.0 Å². The van der Waals surface area contributed by atoms with Gasteiger partial charge in [-0.3, -0.25) is 4.99 Å². The number of halogens is 1. The molecule has 26 heavy (non-hydrogen) atoms. The van der Waals surface area contributed by atoms with Crippen molar-refractivity contribution in [3.05, 3.63) is 45.4 Å². The van der Waals surface area contributed by atoms with Gasteiger partial charge in [-0.05, 0) is 37.0 Å². The number of nitrogens with zero attached hydrogens (tertiary/aromatic N) is 4. The fraction of sp³-hybridized carbons (Fsp3) is 0.474. The molecule has 0 fully saturated rings. The van der Waals surface area contributed by atoms with E-state index in [1.54, 1.807) is 11.3 Å². The van der Waals surface area contributed by atoms with Crippen LogP contribution in [-0.4, -0.2) is 43.5 Å². The number of hydrogen-bond donors (Lipinski definition) is 1. The minimum atomic E-state index is 0. The molecule has 1 aliphatic rings. The lowest BCUT2D eigenvalue weighted by Gasteiger charge is -2.28. The van der Waals surface area contributed by atoms with E-state index in [9.17, 15) is 0 Å². The van der Waals surface area contributed by atoms with Crippen LogP contribution in [0.2, 0.25) is 0 Å². The molecule has 1 aromatic carbocycles. The predicted molar refractivity (Wildman–Crippen MR) is 122 cm³/mol. The van der Waals surface area contributed by atoms with Crippen molar-refractivity contribution in [1.29, 1.82) is 0 Å². The van der Waals surface area contributed by atoms with Crippen LogP contribution in [0, 0.1) is 6.92 Å². The van der Waals surface area contributed by atoms with Gasteiger partial charge in [-0.1, -0.05) is 12.1 Å². The van der Waals surface area contributed by atoms with Crippen molar-refractivity contribution in [1.82, 2.24) is 15.2 Å². The maximum atomic E-state index is 4.53. The SMILES string of the molecule is CN=C(NCc1ccc2c(c1)CCCN2C)N(C)Cc1csc(C)n1.I. The van der Waals surface area contributed by atoms with Crippen molar-refractivity contribution in [3.63, 3.8) is 0 Å². The number of rotatable bonds is 4. The minimum absolute atomic E-state index is 0. The standard InChI is InChI=1S/C19H27N5S.HI/c1-14-22-17(13-25-14)12-24(4)19(20-2)21-11-15-7-8-18-16(10-15)6-5-9-23(18)3;/h7-8,10,13H,5-6,9,11-12H2,1-4H3,(H,20,21);1H. The molecule has 0 saturated heterocycles. The van der Waals surface area contributed by atoms with Gasteiger partial charge in [-0.15, -0.1) is 35.3 Å². The average Bonchev–Trinajstić information content (AvgIpc) is 3.00. The number of benzene rings is 1. The van der Waals surface area contributed by atoms with Crippen LogP contribution in [0.4, 0.5) is 5.69 Å². The smallest absolute Gasteiger partial charge is 0.194 e. The molecule has 1 N–H and O–H groups in total. The van der Waals surface area contributed by atoms with Gasteiger partial charge in [0.25, 0.3) is 0 Å². The second-order valence-electron chi connectivity index (χ2n) is 6.60. The lowest BCUT2D eigenvalue weighted by molar-refractivity contribution is 0.470. The summed E-state index contributed by atoms with van der Waals surface area (Å²) in [6, 6.07) is 6.79. The third kappa shape index (κ3) is 5.09. The third-order valence-corrected chi connectivity index (χ3v) is 5.41. The van der Waals surface area contributed by atoms with Gasteiger partial charge in [0.1, 0.15) is 0 Å². The van der Waals surface area contributed by atoms with Crippen molar-refractivity contribution in [3.8, 4) is 0 Å². The highest BCUT2D eigenvalue weighted by atomic mass is 127. The largest absolute Gasteiger partial charge is 0.374 e. The van der Waals surface area contributed by atoms with Crippen molar-refractivity contribution in [2.45, 2.75) is 32.9 Å². The summed E-state index contributed by atoms with van der Waals surface area (Å²) >= 11 is 1.69. The highest BCUT2D eigenvalue weighted by Gasteiger charge is 2.14. The zero-order valence-electron chi connectivity index (χ0n) is 16.0. The normalized spacial score (nSPS) is 13.8. The summed E-state index contributed by atoms with van der Waals surface area (Å²) in [5, 5.41) is 6.68.